The van der Waals surface area contributed by atoms with Gasteiger partial charge in [0, 0.05) is 6.54 Å². The Hall–Kier alpha value is -1.38. The van der Waals surface area contributed by atoms with E-state index in [-0.39, 0.29) is 11.4 Å². The summed E-state index contributed by atoms with van der Waals surface area (Å²) >= 11 is 0. The molecule has 116 valence electrons. The Morgan fingerprint density at radius 3 is 2.24 bits per heavy atom. The Morgan fingerprint density at radius 1 is 1.10 bits per heavy atom. The summed E-state index contributed by atoms with van der Waals surface area (Å²) < 4.78 is 26.3. The van der Waals surface area contributed by atoms with Crippen LogP contribution in [-0.4, -0.2) is 25.8 Å². The normalized spacial score (nSPS) is 11.5. The number of hydrogen-bond donors (Lipinski definition) is 0. The minimum atomic E-state index is -3.56. The molecule has 1 aromatic rings. The second kappa shape index (κ2) is 8.81. The van der Waals surface area contributed by atoms with Crippen LogP contribution in [0.4, 0.5) is 0 Å². The first-order valence-electron chi connectivity index (χ1n) is 7.52. The van der Waals surface area contributed by atoms with Crippen LogP contribution >= 0.6 is 0 Å². The van der Waals surface area contributed by atoms with Crippen LogP contribution in [0, 0.1) is 11.3 Å². The van der Waals surface area contributed by atoms with Crippen molar-refractivity contribution in [2.24, 2.45) is 0 Å². The summed E-state index contributed by atoms with van der Waals surface area (Å²) in [6.45, 7) is 4.43. The van der Waals surface area contributed by atoms with Gasteiger partial charge >= 0.3 is 0 Å². The van der Waals surface area contributed by atoms with Crippen LogP contribution in [-0.2, 0) is 16.4 Å². The molecule has 0 aliphatic carbocycles. The van der Waals surface area contributed by atoms with Gasteiger partial charge in [-0.05, 0) is 37.0 Å². The van der Waals surface area contributed by atoms with Crippen molar-refractivity contribution >= 4 is 10.0 Å². The van der Waals surface area contributed by atoms with Crippen molar-refractivity contribution in [3.63, 3.8) is 0 Å². The predicted molar refractivity (Wildman–Crippen MR) is 84.3 cm³/mol. The second-order valence-corrected chi connectivity index (χ2v) is 7.04. The number of rotatable bonds is 9. The Balaban J connectivity index is 2.91. The molecular weight excluding hydrogens is 284 g/mol. The topological polar surface area (TPSA) is 61.2 Å². The lowest BCUT2D eigenvalue weighted by molar-refractivity contribution is 0.435. The summed E-state index contributed by atoms with van der Waals surface area (Å²) in [5.41, 5.74) is 1.15. The minimum absolute atomic E-state index is 0.0973. The van der Waals surface area contributed by atoms with Gasteiger partial charge in [0.25, 0.3) is 0 Å². The van der Waals surface area contributed by atoms with Gasteiger partial charge in [0.05, 0.1) is 11.0 Å². The lowest BCUT2D eigenvalue weighted by Crippen LogP contribution is -2.32. The number of nitriles is 1. The molecule has 4 nitrogen and oxygen atoms in total. The lowest BCUT2D eigenvalue weighted by Gasteiger charge is -2.19. The first-order chi connectivity index (χ1) is 10.1. The highest BCUT2D eigenvalue weighted by atomic mass is 32.2. The molecule has 0 saturated heterocycles. The maximum atomic E-state index is 12.5. The van der Waals surface area contributed by atoms with Crippen LogP contribution in [0.25, 0.3) is 0 Å². The Morgan fingerprint density at radius 2 is 1.71 bits per heavy atom. The highest BCUT2D eigenvalue weighted by Gasteiger charge is 2.23. The summed E-state index contributed by atoms with van der Waals surface area (Å²) in [6, 6.07) is 8.97. The molecule has 0 aromatic heterocycles. The van der Waals surface area contributed by atoms with E-state index in [0.29, 0.717) is 6.54 Å². The zero-order chi connectivity index (χ0) is 15.7. The maximum absolute atomic E-state index is 12.5. The third-order valence-corrected chi connectivity index (χ3v) is 5.25. The molecule has 0 amide bonds. The van der Waals surface area contributed by atoms with Gasteiger partial charge in [-0.25, -0.2) is 8.42 Å². The van der Waals surface area contributed by atoms with E-state index in [2.05, 4.69) is 6.92 Å². The largest absolute Gasteiger partial charge is 0.244 e. The number of unbranched alkanes of at least 4 members (excludes halogenated alkanes) is 2. The molecule has 21 heavy (non-hydrogen) atoms. The van der Waals surface area contributed by atoms with E-state index in [9.17, 15) is 8.42 Å². The van der Waals surface area contributed by atoms with Gasteiger partial charge < -0.3 is 0 Å². The van der Waals surface area contributed by atoms with Gasteiger partial charge in [-0.2, -0.15) is 9.57 Å². The van der Waals surface area contributed by atoms with Gasteiger partial charge in [0.15, 0.2) is 0 Å². The van der Waals surface area contributed by atoms with E-state index in [1.54, 1.807) is 12.1 Å². The highest BCUT2D eigenvalue weighted by Crippen LogP contribution is 2.17. The van der Waals surface area contributed by atoms with Crippen molar-refractivity contribution in [3.05, 3.63) is 29.8 Å². The van der Waals surface area contributed by atoms with Crippen molar-refractivity contribution in [2.75, 3.05) is 13.1 Å². The van der Waals surface area contributed by atoms with Gasteiger partial charge in [0.2, 0.25) is 10.0 Å². The Kier molecular flexibility index (Phi) is 7.41. The van der Waals surface area contributed by atoms with Crippen LogP contribution in [0.3, 0.4) is 0 Å². The molecule has 0 saturated carbocycles. The summed E-state index contributed by atoms with van der Waals surface area (Å²) in [5.74, 6) is 0. The molecule has 0 N–H and O–H groups in total. The highest BCUT2D eigenvalue weighted by molar-refractivity contribution is 7.89. The number of benzene rings is 1. The molecule has 0 fully saturated rings. The average molecular weight is 308 g/mol. The quantitative estimate of drug-likeness (QED) is 0.657. The van der Waals surface area contributed by atoms with Gasteiger partial charge in [-0.1, -0.05) is 38.8 Å². The molecule has 1 aromatic carbocycles. The second-order valence-electron chi connectivity index (χ2n) is 5.10. The summed E-state index contributed by atoms with van der Waals surface area (Å²) in [7, 11) is -3.56. The number of aryl methyl sites for hydroxylation is 1. The zero-order valence-corrected chi connectivity index (χ0v) is 13.7. The van der Waals surface area contributed by atoms with Crippen molar-refractivity contribution in [3.8, 4) is 6.07 Å². The van der Waals surface area contributed by atoms with Crippen LogP contribution < -0.4 is 0 Å². The molecule has 0 bridgehead atoms. The minimum Gasteiger partial charge on any atom is -0.207 e. The van der Waals surface area contributed by atoms with Crippen molar-refractivity contribution in [1.29, 1.82) is 5.26 Å². The number of nitrogens with zero attached hydrogens (tertiary/aromatic N) is 2. The molecule has 0 spiro atoms. The van der Waals surface area contributed by atoms with Crippen molar-refractivity contribution < 1.29 is 8.42 Å². The van der Waals surface area contributed by atoms with Crippen LogP contribution in [0.5, 0.6) is 0 Å². The van der Waals surface area contributed by atoms with Gasteiger partial charge in [0.1, 0.15) is 6.54 Å². The molecule has 1 rings (SSSR count). The molecule has 0 atom stereocenters. The maximum Gasteiger partial charge on any atom is 0.244 e. The van der Waals surface area contributed by atoms with E-state index in [1.807, 2.05) is 25.1 Å². The zero-order valence-electron chi connectivity index (χ0n) is 12.9. The Bertz CT molecular complexity index is 559. The average Bonchev–Trinajstić information content (AvgIpc) is 2.49. The molecule has 0 aliphatic rings. The summed E-state index contributed by atoms with van der Waals surface area (Å²) in [5, 5.41) is 8.83. The molecular formula is C16H24N2O2S. The first-order valence-corrected chi connectivity index (χ1v) is 8.96. The van der Waals surface area contributed by atoms with Gasteiger partial charge in [-0.3, -0.25) is 0 Å². The molecule has 0 aliphatic heterocycles. The number of sulfonamides is 1. The molecule has 0 unspecified atom stereocenters. The van der Waals surface area contributed by atoms with Crippen LogP contribution in [0.1, 0.15) is 45.1 Å². The molecule has 0 heterocycles. The molecule has 5 heteroatoms. The SMILES string of the molecule is CCCCc1ccc(S(=O)(=O)N(CC#N)CCCC)cc1. The monoisotopic (exact) mass is 308 g/mol. The van der Waals surface area contributed by atoms with Gasteiger partial charge in [-0.15, -0.1) is 0 Å². The van der Waals surface area contributed by atoms with E-state index in [0.717, 1.165) is 37.7 Å². The first kappa shape index (κ1) is 17.7. The predicted octanol–water partition coefficient (Wildman–Crippen LogP) is 3.34. The summed E-state index contributed by atoms with van der Waals surface area (Å²) in [6.07, 6.45) is 4.84. The molecule has 0 radical (unpaired) electrons. The van der Waals surface area contributed by atoms with E-state index >= 15 is 0 Å². The smallest absolute Gasteiger partial charge is 0.207 e. The third-order valence-electron chi connectivity index (χ3n) is 3.39. The fraction of sp³-hybridized carbons (Fsp3) is 0.562. The standard InChI is InChI=1S/C16H24N2O2S/c1-3-5-7-15-8-10-16(11-9-15)21(19,20)18(14-12-17)13-6-4-2/h8-11H,3-7,13-14H2,1-2H3. The fourth-order valence-electron chi connectivity index (χ4n) is 2.06. The van der Waals surface area contributed by atoms with Crippen LogP contribution in [0.15, 0.2) is 29.2 Å². The third kappa shape index (κ3) is 5.14. The Labute approximate surface area is 128 Å². The van der Waals surface area contributed by atoms with Crippen molar-refractivity contribution in [2.45, 2.75) is 50.8 Å². The summed E-state index contributed by atoms with van der Waals surface area (Å²) in [4.78, 5) is 0.272. The van der Waals surface area contributed by atoms with E-state index < -0.39 is 10.0 Å². The fourth-order valence-corrected chi connectivity index (χ4v) is 3.43. The lowest BCUT2D eigenvalue weighted by atomic mass is 10.1. The van der Waals surface area contributed by atoms with E-state index in [1.165, 1.54) is 4.31 Å². The van der Waals surface area contributed by atoms with Crippen LogP contribution in [0.2, 0.25) is 0 Å². The van der Waals surface area contributed by atoms with E-state index in [4.69, 9.17) is 5.26 Å². The van der Waals surface area contributed by atoms with Crippen molar-refractivity contribution in [1.82, 2.24) is 4.31 Å². The number of hydrogen-bond acceptors (Lipinski definition) is 3.